The molecule has 1 N–H and O–H groups in total. The zero-order valence-electron chi connectivity index (χ0n) is 16.4. The van der Waals surface area contributed by atoms with Crippen molar-refractivity contribution < 1.29 is 4.74 Å². The molecule has 4 rings (SSSR count). The lowest BCUT2D eigenvalue weighted by atomic mass is 9.94. The van der Waals surface area contributed by atoms with E-state index in [-0.39, 0.29) is 0 Å². The second-order valence-electron chi connectivity index (χ2n) is 7.40. The van der Waals surface area contributed by atoms with Crippen molar-refractivity contribution >= 4 is 22.7 Å². The minimum atomic E-state index is 0.481. The fraction of sp³-hybridized carbons (Fsp3) is 0.391. The van der Waals surface area contributed by atoms with Gasteiger partial charge in [-0.1, -0.05) is 18.6 Å². The first-order chi connectivity index (χ1) is 13.2. The summed E-state index contributed by atoms with van der Waals surface area (Å²) in [6.07, 6.45) is 7.96. The summed E-state index contributed by atoms with van der Waals surface area (Å²) in [6, 6.07) is 14.0. The summed E-state index contributed by atoms with van der Waals surface area (Å²) in [4.78, 5) is 7.36. The number of nitrogens with zero attached hydrogens (tertiary/aromatic N) is 1. The number of ether oxygens (including phenoxy) is 1. The molecule has 1 saturated heterocycles. The molecule has 1 aliphatic heterocycles. The number of piperidine rings is 1. The number of rotatable bonds is 5. The first-order valence-corrected chi connectivity index (χ1v) is 11.0. The van der Waals surface area contributed by atoms with Gasteiger partial charge in [-0.05, 0) is 68.0 Å². The molecular weight excluding hydrogens is 352 g/mol. The summed E-state index contributed by atoms with van der Waals surface area (Å²) in [5, 5.41) is 1.29. The highest BCUT2D eigenvalue weighted by molar-refractivity contribution is 7.98. The van der Waals surface area contributed by atoms with Crippen molar-refractivity contribution in [2.75, 3.05) is 19.9 Å². The quantitative estimate of drug-likeness (QED) is 0.556. The van der Waals surface area contributed by atoms with Crippen LogP contribution in [-0.2, 0) is 6.54 Å². The van der Waals surface area contributed by atoms with Gasteiger partial charge in [0.15, 0.2) is 0 Å². The van der Waals surface area contributed by atoms with Crippen LogP contribution in [0.3, 0.4) is 0 Å². The lowest BCUT2D eigenvalue weighted by Gasteiger charge is -2.36. The Bertz CT molecular complexity index is 916. The van der Waals surface area contributed by atoms with E-state index in [9.17, 15) is 0 Å². The molecule has 1 aliphatic rings. The Balaban J connectivity index is 1.68. The number of aromatic amines is 1. The smallest absolute Gasteiger partial charge is 0.124 e. The standard InChI is InChI=1S/C23H28N2OS/c1-16-14-22(26-2)20(19-11-12-24-23(16)19)15-25-13-5-4-6-21(25)17-7-9-18(27-3)10-8-17/h7-12,14,21,24H,4-6,13,15H2,1-3H3/t21-/m0/s1. The third kappa shape index (κ3) is 3.61. The maximum absolute atomic E-state index is 5.77. The molecule has 0 bridgehead atoms. The fourth-order valence-electron chi connectivity index (χ4n) is 4.37. The highest BCUT2D eigenvalue weighted by atomic mass is 32.2. The van der Waals surface area contributed by atoms with E-state index >= 15 is 0 Å². The van der Waals surface area contributed by atoms with Gasteiger partial charge < -0.3 is 9.72 Å². The van der Waals surface area contributed by atoms with Gasteiger partial charge in [-0.2, -0.15) is 0 Å². The van der Waals surface area contributed by atoms with Crippen LogP contribution in [0.4, 0.5) is 0 Å². The van der Waals surface area contributed by atoms with Crippen LogP contribution in [0.2, 0.25) is 0 Å². The second kappa shape index (κ2) is 7.99. The van der Waals surface area contributed by atoms with Crippen LogP contribution in [0.1, 0.15) is 42.0 Å². The van der Waals surface area contributed by atoms with Gasteiger partial charge in [0.2, 0.25) is 0 Å². The van der Waals surface area contributed by atoms with E-state index in [0.29, 0.717) is 6.04 Å². The van der Waals surface area contributed by atoms with E-state index < -0.39 is 0 Å². The van der Waals surface area contributed by atoms with Gasteiger partial charge in [-0.15, -0.1) is 11.8 Å². The molecule has 2 aromatic carbocycles. The zero-order valence-corrected chi connectivity index (χ0v) is 17.2. The number of hydrogen-bond donors (Lipinski definition) is 1. The van der Waals surface area contributed by atoms with Gasteiger partial charge in [-0.3, -0.25) is 4.90 Å². The topological polar surface area (TPSA) is 28.3 Å². The van der Waals surface area contributed by atoms with Crippen molar-refractivity contribution in [3.8, 4) is 5.75 Å². The van der Waals surface area contributed by atoms with Crippen LogP contribution < -0.4 is 4.74 Å². The number of fused-ring (bicyclic) bond motifs is 1. The summed E-state index contributed by atoms with van der Waals surface area (Å²) in [5.41, 5.74) is 5.19. The summed E-state index contributed by atoms with van der Waals surface area (Å²) >= 11 is 1.80. The molecular formula is C23H28N2OS. The molecule has 0 amide bonds. The Kier molecular flexibility index (Phi) is 5.46. The number of methoxy groups -OCH3 is 1. The van der Waals surface area contributed by atoms with Gasteiger partial charge in [0.05, 0.1) is 7.11 Å². The average Bonchev–Trinajstić information content (AvgIpc) is 3.21. The SMILES string of the molecule is COc1cc(C)c2[nH]ccc2c1CN1CCCC[C@H]1c1ccc(SC)cc1. The van der Waals surface area contributed by atoms with E-state index in [0.717, 1.165) is 18.8 Å². The molecule has 1 fully saturated rings. The highest BCUT2D eigenvalue weighted by Crippen LogP contribution is 2.37. The lowest BCUT2D eigenvalue weighted by molar-refractivity contribution is 0.139. The third-order valence-corrected chi connectivity index (χ3v) is 6.55. The molecule has 2 heterocycles. The van der Waals surface area contributed by atoms with Crippen molar-refractivity contribution in [3.63, 3.8) is 0 Å². The Hall–Kier alpha value is -1.91. The lowest BCUT2D eigenvalue weighted by Crippen LogP contribution is -2.33. The number of likely N-dealkylation sites (tertiary alicyclic amines) is 1. The molecule has 3 nitrogen and oxygen atoms in total. The van der Waals surface area contributed by atoms with Crippen molar-refractivity contribution in [1.29, 1.82) is 0 Å². The number of thioether (sulfide) groups is 1. The first kappa shape index (κ1) is 18.5. The third-order valence-electron chi connectivity index (χ3n) is 5.81. The van der Waals surface area contributed by atoms with E-state index in [1.165, 1.54) is 51.8 Å². The van der Waals surface area contributed by atoms with Gasteiger partial charge in [0.25, 0.3) is 0 Å². The number of benzene rings is 2. The van der Waals surface area contributed by atoms with Crippen molar-refractivity contribution in [2.45, 2.75) is 43.7 Å². The van der Waals surface area contributed by atoms with Gasteiger partial charge in [0.1, 0.15) is 5.75 Å². The van der Waals surface area contributed by atoms with Crippen molar-refractivity contribution in [3.05, 3.63) is 59.3 Å². The molecule has 1 aromatic heterocycles. The first-order valence-electron chi connectivity index (χ1n) is 9.73. The maximum atomic E-state index is 5.77. The molecule has 3 aromatic rings. The van der Waals surface area contributed by atoms with Gasteiger partial charge in [-0.25, -0.2) is 0 Å². The fourth-order valence-corrected chi connectivity index (χ4v) is 4.78. The summed E-state index contributed by atoms with van der Waals surface area (Å²) in [6.45, 7) is 4.20. The molecule has 0 unspecified atom stereocenters. The minimum Gasteiger partial charge on any atom is -0.496 e. The van der Waals surface area contributed by atoms with E-state index in [2.05, 4.69) is 59.5 Å². The van der Waals surface area contributed by atoms with Crippen LogP contribution in [0.5, 0.6) is 5.75 Å². The Labute approximate surface area is 166 Å². The molecule has 0 spiro atoms. The molecule has 0 saturated carbocycles. The Morgan fingerprint density at radius 1 is 1.19 bits per heavy atom. The molecule has 1 atom stereocenters. The highest BCUT2D eigenvalue weighted by Gasteiger charge is 2.26. The van der Waals surface area contributed by atoms with Crippen LogP contribution in [-0.4, -0.2) is 29.8 Å². The predicted molar refractivity (Wildman–Crippen MR) is 115 cm³/mol. The molecule has 142 valence electrons. The molecule has 4 heteroatoms. The van der Waals surface area contributed by atoms with Crippen molar-refractivity contribution in [2.24, 2.45) is 0 Å². The van der Waals surface area contributed by atoms with E-state index in [1.807, 2.05) is 6.20 Å². The predicted octanol–water partition coefficient (Wildman–Crippen LogP) is 5.93. The zero-order chi connectivity index (χ0) is 18.8. The molecule has 0 radical (unpaired) electrons. The van der Waals surface area contributed by atoms with Crippen LogP contribution in [0, 0.1) is 6.92 Å². The number of nitrogens with one attached hydrogen (secondary N) is 1. The number of aryl methyl sites for hydroxylation is 1. The largest absolute Gasteiger partial charge is 0.496 e. The van der Waals surface area contributed by atoms with Crippen molar-refractivity contribution in [1.82, 2.24) is 9.88 Å². The number of hydrogen-bond acceptors (Lipinski definition) is 3. The molecule has 0 aliphatic carbocycles. The Morgan fingerprint density at radius 3 is 2.74 bits per heavy atom. The monoisotopic (exact) mass is 380 g/mol. The summed E-state index contributed by atoms with van der Waals surface area (Å²) in [7, 11) is 1.78. The Morgan fingerprint density at radius 2 is 2.00 bits per heavy atom. The van der Waals surface area contributed by atoms with E-state index in [4.69, 9.17) is 4.74 Å². The van der Waals surface area contributed by atoms with Crippen LogP contribution in [0.15, 0.2) is 47.5 Å². The number of aromatic nitrogens is 1. The van der Waals surface area contributed by atoms with Gasteiger partial charge >= 0.3 is 0 Å². The second-order valence-corrected chi connectivity index (χ2v) is 8.28. The average molecular weight is 381 g/mol. The minimum absolute atomic E-state index is 0.481. The molecule has 27 heavy (non-hydrogen) atoms. The maximum Gasteiger partial charge on any atom is 0.124 e. The van der Waals surface area contributed by atoms with E-state index in [1.54, 1.807) is 18.9 Å². The van der Waals surface area contributed by atoms with Crippen LogP contribution >= 0.6 is 11.8 Å². The van der Waals surface area contributed by atoms with Gasteiger partial charge in [0, 0.05) is 40.1 Å². The number of H-pyrrole nitrogens is 1. The summed E-state index contributed by atoms with van der Waals surface area (Å²) in [5.74, 6) is 1.00. The van der Waals surface area contributed by atoms with Crippen LogP contribution in [0.25, 0.3) is 10.9 Å². The summed E-state index contributed by atoms with van der Waals surface area (Å²) < 4.78 is 5.77. The normalized spacial score (nSPS) is 18.1.